The highest BCUT2D eigenvalue weighted by Gasteiger charge is 2.04. The summed E-state index contributed by atoms with van der Waals surface area (Å²) in [5.41, 5.74) is 2.33. The Hall–Kier alpha value is -1.68. The van der Waals surface area contributed by atoms with Gasteiger partial charge in [-0.3, -0.25) is 9.67 Å². The highest BCUT2D eigenvalue weighted by atomic mass is 15.3. The molecule has 0 aromatic carbocycles. The fourth-order valence-corrected chi connectivity index (χ4v) is 1.82. The molecule has 2 aromatic heterocycles. The maximum absolute atomic E-state index is 4.45. The van der Waals surface area contributed by atoms with Gasteiger partial charge in [-0.25, -0.2) is 0 Å². The van der Waals surface area contributed by atoms with E-state index in [0.29, 0.717) is 5.92 Å². The number of hydrogen-bond acceptors (Lipinski definition) is 3. The molecule has 0 unspecified atom stereocenters. The van der Waals surface area contributed by atoms with Crippen molar-refractivity contribution in [2.24, 2.45) is 5.92 Å². The largest absolute Gasteiger partial charge is 0.312 e. The molecule has 0 aliphatic rings. The molecule has 96 valence electrons. The highest BCUT2D eigenvalue weighted by Crippen LogP contribution is 2.07. The smallest absolute Gasteiger partial charge is 0.0834 e. The van der Waals surface area contributed by atoms with Gasteiger partial charge in [0.15, 0.2) is 0 Å². The van der Waals surface area contributed by atoms with Gasteiger partial charge in [0.2, 0.25) is 0 Å². The third-order valence-corrected chi connectivity index (χ3v) is 2.72. The molecule has 0 aliphatic carbocycles. The molecule has 0 saturated carbocycles. The van der Waals surface area contributed by atoms with Crippen LogP contribution < -0.4 is 5.32 Å². The molecule has 0 bridgehead atoms. The number of aromatic nitrogens is 3. The second kappa shape index (κ2) is 6.31. The van der Waals surface area contributed by atoms with Crippen LogP contribution in [0.3, 0.4) is 0 Å². The molecule has 4 heteroatoms. The van der Waals surface area contributed by atoms with Crippen LogP contribution in [-0.4, -0.2) is 21.3 Å². The zero-order chi connectivity index (χ0) is 12.8. The van der Waals surface area contributed by atoms with Crippen molar-refractivity contribution in [2.75, 3.05) is 6.54 Å². The lowest BCUT2D eigenvalue weighted by molar-refractivity contribution is 0.547. The first-order valence-electron chi connectivity index (χ1n) is 6.36. The standard InChI is InChI=1S/C14H20N4/c1-12(2)9-15-10-13-5-3-6-16-14(13)11-18-8-4-7-17-18/h3-8,12,15H,9-11H2,1-2H3. The van der Waals surface area contributed by atoms with E-state index in [-0.39, 0.29) is 0 Å². The first-order chi connectivity index (χ1) is 8.75. The van der Waals surface area contributed by atoms with E-state index in [4.69, 9.17) is 0 Å². The predicted octanol–water partition coefficient (Wildman–Crippen LogP) is 2.07. The van der Waals surface area contributed by atoms with Gasteiger partial charge in [0, 0.05) is 25.1 Å². The Bertz CT molecular complexity index is 462. The SMILES string of the molecule is CC(C)CNCc1cccnc1Cn1cccn1. The number of rotatable bonds is 6. The molecule has 2 rings (SSSR count). The highest BCUT2D eigenvalue weighted by molar-refractivity contribution is 5.19. The van der Waals surface area contributed by atoms with Crippen molar-refractivity contribution in [3.8, 4) is 0 Å². The molecule has 0 atom stereocenters. The molecule has 0 spiro atoms. The summed E-state index contributed by atoms with van der Waals surface area (Å²) in [6, 6.07) is 6.04. The summed E-state index contributed by atoms with van der Waals surface area (Å²) in [7, 11) is 0. The minimum atomic E-state index is 0.663. The molecule has 2 aromatic rings. The second-order valence-electron chi connectivity index (χ2n) is 4.84. The van der Waals surface area contributed by atoms with Crippen molar-refractivity contribution in [3.63, 3.8) is 0 Å². The van der Waals surface area contributed by atoms with Crippen LogP contribution in [0.25, 0.3) is 0 Å². The van der Waals surface area contributed by atoms with Gasteiger partial charge in [-0.05, 0) is 30.2 Å². The van der Waals surface area contributed by atoms with E-state index in [0.717, 1.165) is 25.3 Å². The fraction of sp³-hybridized carbons (Fsp3) is 0.429. The average molecular weight is 244 g/mol. The molecule has 4 nitrogen and oxygen atoms in total. The van der Waals surface area contributed by atoms with Crippen LogP contribution in [0.4, 0.5) is 0 Å². The maximum Gasteiger partial charge on any atom is 0.0834 e. The number of pyridine rings is 1. The van der Waals surface area contributed by atoms with Crippen molar-refractivity contribution in [1.29, 1.82) is 0 Å². The van der Waals surface area contributed by atoms with Crippen LogP contribution in [0, 0.1) is 5.92 Å². The quantitative estimate of drug-likeness (QED) is 0.846. The minimum absolute atomic E-state index is 0.663. The first-order valence-corrected chi connectivity index (χ1v) is 6.36. The summed E-state index contributed by atoms with van der Waals surface area (Å²) in [5, 5.41) is 7.67. The third-order valence-electron chi connectivity index (χ3n) is 2.72. The lowest BCUT2D eigenvalue weighted by Crippen LogP contribution is -2.20. The third kappa shape index (κ3) is 3.67. The molecule has 0 saturated heterocycles. The summed E-state index contributed by atoms with van der Waals surface area (Å²) >= 11 is 0. The van der Waals surface area contributed by atoms with E-state index in [1.165, 1.54) is 5.56 Å². The fourth-order valence-electron chi connectivity index (χ4n) is 1.82. The molecular formula is C14H20N4. The summed E-state index contributed by atoms with van der Waals surface area (Å²) in [5.74, 6) is 0.663. The van der Waals surface area contributed by atoms with Crippen molar-refractivity contribution >= 4 is 0 Å². The molecule has 18 heavy (non-hydrogen) atoms. The van der Waals surface area contributed by atoms with E-state index in [9.17, 15) is 0 Å². The van der Waals surface area contributed by atoms with Gasteiger partial charge in [-0.2, -0.15) is 5.10 Å². The lowest BCUT2D eigenvalue weighted by Gasteiger charge is -2.11. The molecule has 1 N–H and O–H groups in total. The molecular weight excluding hydrogens is 224 g/mol. The Morgan fingerprint density at radius 2 is 2.17 bits per heavy atom. The van der Waals surface area contributed by atoms with E-state index in [1.807, 2.05) is 29.2 Å². The van der Waals surface area contributed by atoms with Crippen LogP contribution in [0.1, 0.15) is 25.1 Å². The van der Waals surface area contributed by atoms with Gasteiger partial charge < -0.3 is 5.32 Å². The van der Waals surface area contributed by atoms with Gasteiger partial charge in [-0.15, -0.1) is 0 Å². The first kappa shape index (κ1) is 12.8. The monoisotopic (exact) mass is 244 g/mol. The van der Waals surface area contributed by atoms with Crippen LogP contribution in [-0.2, 0) is 13.1 Å². The second-order valence-corrected chi connectivity index (χ2v) is 4.84. The van der Waals surface area contributed by atoms with Gasteiger partial charge in [0.1, 0.15) is 0 Å². The van der Waals surface area contributed by atoms with Gasteiger partial charge >= 0.3 is 0 Å². The van der Waals surface area contributed by atoms with Crippen LogP contribution >= 0.6 is 0 Å². The molecule has 0 amide bonds. The Morgan fingerprint density at radius 3 is 2.89 bits per heavy atom. The van der Waals surface area contributed by atoms with Gasteiger partial charge in [0.25, 0.3) is 0 Å². The molecule has 0 radical (unpaired) electrons. The summed E-state index contributed by atoms with van der Waals surface area (Å²) in [4.78, 5) is 4.45. The average Bonchev–Trinajstić information content (AvgIpc) is 2.84. The molecule has 0 fully saturated rings. The van der Waals surface area contributed by atoms with Crippen molar-refractivity contribution in [3.05, 3.63) is 48.0 Å². The van der Waals surface area contributed by atoms with Crippen LogP contribution in [0.15, 0.2) is 36.8 Å². The van der Waals surface area contributed by atoms with Crippen molar-refractivity contribution in [1.82, 2.24) is 20.1 Å². The molecule has 2 heterocycles. The topological polar surface area (TPSA) is 42.7 Å². The maximum atomic E-state index is 4.45. The minimum Gasteiger partial charge on any atom is -0.312 e. The summed E-state index contributed by atoms with van der Waals surface area (Å²) in [6.45, 7) is 7.03. The van der Waals surface area contributed by atoms with Gasteiger partial charge in [0.05, 0.1) is 12.2 Å². The number of hydrogen-bond donors (Lipinski definition) is 1. The summed E-state index contributed by atoms with van der Waals surface area (Å²) in [6.07, 6.45) is 5.59. The van der Waals surface area contributed by atoms with E-state index in [2.05, 4.69) is 35.3 Å². The molecule has 0 aliphatic heterocycles. The Labute approximate surface area is 108 Å². The van der Waals surface area contributed by atoms with E-state index >= 15 is 0 Å². The van der Waals surface area contributed by atoms with E-state index in [1.54, 1.807) is 6.20 Å². The van der Waals surface area contributed by atoms with Gasteiger partial charge in [-0.1, -0.05) is 19.9 Å². The predicted molar refractivity (Wildman–Crippen MR) is 72.1 cm³/mol. The zero-order valence-electron chi connectivity index (χ0n) is 11.0. The van der Waals surface area contributed by atoms with Crippen LogP contribution in [0.5, 0.6) is 0 Å². The Morgan fingerprint density at radius 1 is 1.28 bits per heavy atom. The van der Waals surface area contributed by atoms with Crippen LogP contribution in [0.2, 0.25) is 0 Å². The number of nitrogens with one attached hydrogen (secondary N) is 1. The van der Waals surface area contributed by atoms with E-state index < -0.39 is 0 Å². The lowest BCUT2D eigenvalue weighted by atomic mass is 10.1. The number of nitrogens with zero attached hydrogens (tertiary/aromatic N) is 3. The zero-order valence-corrected chi connectivity index (χ0v) is 11.0. The summed E-state index contributed by atoms with van der Waals surface area (Å²) < 4.78 is 1.90. The van der Waals surface area contributed by atoms with Crippen molar-refractivity contribution < 1.29 is 0 Å². The Balaban J connectivity index is 2.01. The van der Waals surface area contributed by atoms with Crippen molar-refractivity contribution in [2.45, 2.75) is 26.9 Å². The normalized spacial score (nSPS) is 11.1. The Kier molecular flexibility index (Phi) is 4.47.